The lowest BCUT2D eigenvalue weighted by molar-refractivity contribution is -0.114. The monoisotopic (exact) mass is 355 g/mol. The van der Waals surface area contributed by atoms with Crippen LogP contribution in [0.25, 0.3) is 10.9 Å². The lowest BCUT2D eigenvalue weighted by Gasteiger charge is -2.11. The number of hydrogen-bond donors (Lipinski definition) is 2. The Bertz CT molecular complexity index is 1040. The lowest BCUT2D eigenvalue weighted by atomic mass is 10.2. The molecule has 1 aromatic heterocycles. The zero-order valence-electron chi connectivity index (χ0n) is 13.8. The second-order valence-electron chi connectivity index (χ2n) is 5.64. The molecule has 0 saturated carbocycles. The summed E-state index contributed by atoms with van der Waals surface area (Å²) in [6.45, 7) is 3.24. The first kappa shape index (κ1) is 16.9. The molecular formula is C18H17N3O3S. The van der Waals surface area contributed by atoms with Gasteiger partial charge in [0.25, 0.3) is 10.0 Å². The number of carbonyl (C=O) groups is 1. The van der Waals surface area contributed by atoms with Crippen LogP contribution in [0.15, 0.2) is 59.5 Å². The first-order valence-electron chi connectivity index (χ1n) is 7.62. The summed E-state index contributed by atoms with van der Waals surface area (Å²) >= 11 is 0. The third-order valence-corrected chi connectivity index (χ3v) is 4.97. The van der Waals surface area contributed by atoms with Gasteiger partial charge in [0, 0.05) is 23.7 Å². The molecule has 0 aliphatic rings. The van der Waals surface area contributed by atoms with Crippen LogP contribution in [0, 0.1) is 6.92 Å². The van der Waals surface area contributed by atoms with E-state index in [2.05, 4.69) is 15.0 Å². The van der Waals surface area contributed by atoms with Crippen LogP contribution in [0.4, 0.5) is 11.4 Å². The van der Waals surface area contributed by atoms with E-state index in [-0.39, 0.29) is 10.8 Å². The molecule has 6 nitrogen and oxygen atoms in total. The van der Waals surface area contributed by atoms with Crippen molar-refractivity contribution in [1.29, 1.82) is 0 Å². The summed E-state index contributed by atoms with van der Waals surface area (Å²) in [4.78, 5) is 15.6. The number of nitrogens with zero attached hydrogens (tertiary/aromatic N) is 1. The van der Waals surface area contributed by atoms with Gasteiger partial charge in [-0.1, -0.05) is 18.2 Å². The number of para-hydroxylation sites is 1. The number of aromatic nitrogens is 1. The Balaban J connectivity index is 1.94. The van der Waals surface area contributed by atoms with Crippen LogP contribution in [0.1, 0.15) is 12.6 Å². The van der Waals surface area contributed by atoms with Gasteiger partial charge in [-0.15, -0.1) is 0 Å². The Hall–Kier alpha value is -2.93. The van der Waals surface area contributed by atoms with Crippen LogP contribution in [-0.4, -0.2) is 19.3 Å². The second kappa shape index (κ2) is 6.52. The molecule has 0 fully saturated rings. The van der Waals surface area contributed by atoms with Gasteiger partial charge in [-0.05, 0) is 43.3 Å². The smallest absolute Gasteiger partial charge is 0.261 e. The molecule has 1 heterocycles. The van der Waals surface area contributed by atoms with E-state index < -0.39 is 10.0 Å². The van der Waals surface area contributed by atoms with Crippen molar-refractivity contribution in [2.24, 2.45) is 0 Å². The summed E-state index contributed by atoms with van der Waals surface area (Å²) in [6.07, 6.45) is 0. The third-order valence-electron chi connectivity index (χ3n) is 3.59. The number of carbonyl (C=O) groups excluding carboxylic acids is 1. The Morgan fingerprint density at radius 2 is 1.72 bits per heavy atom. The summed E-state index contributed by atoms with van der Waals surface area (Å²) in [5, 5.41) is 3.45. The molecule has 0 saturated heterocycles. The van der Waals surface area contributed by atoms with Crippen LogP contribution in [0.2, 0.25) is 0 Å². The van der Waals surface area contributed by atoms with Crippen LogP contribution in [0.5, 0.6) is 0 Å². The van der Waals surface area contributed by atoms with Crippen LogP contribution in [-0.2, 0) is 14.8 Å². The highest BCUT2D eigenvalue weighted by Crippen LogP contribution is 2.25. The summed E-state index contributed by atoms with van der Waals surface area (Å²) in [5.41, 5.74) is 2.36. The minimum Gasteiger partial charge on any atom is -0.326 e. The summed E-state index contributed by atoms with van der Waals surface area (Å²) in [5.74, 6) is -0.217. The fraction of sp³-hybridized carbons (Fsp3) is 0.111. The van der Waals surface area contributed by atoms with Crippen molar-refractivity contribution < 1.29 is 13.2 Å². The Morgan fingerprint density at radius 1 is 1.00 bits per heavy atom. The fourth-order valence-corrected chi connectivity index (χ4v) is 3.52. The average molecular weight is 355 g/mol. The minimum atomic E-state index is -3.77. The van der Waals surface area contributed by atoms with Crippen LogP contribution < -0.4 is 10.0 Å². The molecule has 0 radical (unpaired) electrons. The van der Waals surface area contributed by atoms with E-state index in [0.717, 1.165) is 11.1 Å². The summed E-state index contributed by atoms with van der Waals surface area (Å²) in [7, 11) is -3.77. The number of nitrogens with one attached hydrogen (secondary N) is 2. The molecule has 0 aliphatic heterocycles. The molecule has 25 heavy (non-hydrogen) atoms. The Kier molecular flexibility index (Phi) is 4.41. The van der Waals surface area contributed by atoms with Gasteiger partial charge in [-0.3, -0.25) is 14.5 Å². The van der Waals surface area contributed by atoms with Crippen molar-refractivity contribution in [3.8, 4) is 0 Å². The average Bonchev–Trinajstić information content (AvgIpc) is 2.55. The van der Waals surface area contributed by atoms with Gasteiger partial charge in [-0.25, -0.2) is 8.42 Å². The number of hydrogen-bond acceptors (Lipinski definition) is 4. The molecular weight excluding hydrogens is 338 g/mol. The second-order valence-corrected chi connectivity index (χ2v) is 7.32. The van der Waals surface area contributed by atoms with Gasteiger partial charge in [0.2, 0.25) is 5.91 Å². The number of fused-ring (bicyclic) bond motifs is 1. The van der Waals surface area contributed by atoms with Crippen molar-refractivity contribution in [2.45, 2.75) is 18.7 Å². The minimum absolute atomic E-state index is 0.103. The number of aryl methyl sites for hydroxylation is 1. The topological polar surface area (TPSA) is 88.2 Å². The largest absolute Gasteiger partial charge is 0.326 e. The standard InChI is InChI=1S/C18H17N3O3S/c1-12-6-7-14-4-3-5-17(18(14)19-12)21-25(23,24)16-10-8-15(9-11-16)20-13(2)22/h3-11,21H,1-2H3,(H,20,22). The van der Waals surface area contributed by atoms with Crippen molar-refractivity contribution in [1.82, 2.24) is 4.98 Å². The summed E-state index contributed by atoms with van der Waals surface area (Å²) in [6, 6.07) is 15.1. The molecule has 0 aliphatic carbocycles. The molecule has 3 aromatic rings. The number of benzene rings is 2. The maximum atomic E-state index is 12.6. The van der Waals surface area contributed by atoms with Gasteiger partial charge in [0.05, 0.1) is 16.1 Å². The molecule has 0 unspecified atom stereocenters. The van der Waals surface area contributed by atoms with Gasteiger partial charge in [-0.2, -0.15) is 0 Å². The molecule has 1 amide bonds. The van der Waals surface area contributed by atoms with Crippen molar-refractivity contribution in [2.75, 3.05) is 10.0 Å². The lowest BCUT2D eigenvalue weighted by Crippen LogP contribution is -2.14. The summed E-state index contributed by atoms with van der Waals surface area (Å²) < 4.78 is 27.9. The van der Waals surface area contributed by atoms with Gasteiger partial charge in [0.1, 0.15) is 0 Å². The normalized spacial score (nSPS) is 11.3. The van der Waals surface area contributed by atoms with Crippen LogP contribution in [0.3, 0.4) is 0 Å². The quantitative estimate of drug-likeness (QED) is 0.751. The first-order chi connectivity index (χ1) is 11.8. The molecule has 0 bridgehead atoms. The highest BCUT2D eigenvalue weighted by molar-refractivity contribution is 7.92. The molecule has 3 rings (SSSR count). The zero-order valence-corrected chi connectivity index (χ0v) is 14.6. The molecule has 7 heteroatoms. The number of amides is 1. The van der Waals surface area contributed by atoms with Gasteiger partial charge < -0.3 is 5.32 Å². The highest BCUT2D eigenvalue weighted by atomic mass is 32.2. The Morgan fingerprint density at radius 3 is 2.40 bits per heavy atom. The highest BCUT2D eigenvalue weighted by Gasteiger charge is 2.16. The first-order valence-corrected chi connectivity index (χ1v) is 9.10. The SMILES string of the molecule is CC(=O)Nc1ccc(S(=O)(=O)Nc2cccc3ccc(C)nc23)cc1. The molecule has 128 valence electrons. The van der Waals surface area contributed by atoms with Crippen molar-refractivity contribution >= 4 is 38.2 Å². The number of anilines is 2. The zero-order chi connectivity index (χ0) is 18.0. The predicted molar refractivity (Wildman–Crippen MR) is 98.0 cm³/mol. The van der Waals surface area contributed by atoms with Crippen molar-refractivity contribution in [3.05, 3.63) is 60.3 Å². The molecule has 0 atom stereocenters. The molecule has 0 spiro atoms. The number of rotatable bonds is 4. The van der Waals surface area contributed by atoms with E-state index in [9.17, 15) is 13.2 Å². The number of sulfonamides is 1. The molecule has 2 aromatic carbocycles. The third kappa shape index (κ3) is 3.77. The predicted octanol–water partition coefficient (Wildman–Crippen LogP) is 3.30. The van der Waals surface area contributed by atoms with E-state index in [0.29, 0.717) is 16.9 Å². The van der Waals surface area contributed by atoms with Gasteiger partial charge >= 0.3 is 0 Å². The Labute approximate surface area is 146 Å². The number of pyridine rings is 1. The van der Waals surface area contributed by atoms with Crippen molar-refractivity contribution in [3.63, 3.8) is 0 Å². The van der Waals surface area contributed by atoms with Crippen LogP contribution >= 0.6 is 0 Å². The van der Waals surface area contributed by atoms with E-state index in [1.807, 2.05) is 25.1 Å². The van der Waals surface area contributed by atoms with E-state index in [1.54, 1.807) is 24.3 Å². The fourth-order valence-electron chi connectivity index (χ4n) is 2.45. The maximum absolute atomic E-state index is 12.6. The van der Waals surface area contributed by atoms with E-state index in [4.69, 9.17) is 0 Å². The maximum Gasteiger partial charge on any atom is 0.261 e. The molecule has 2 N–H and O–H groups in total. The van der Waals surface area contributed by atoms with E-state index in [1.165, 1.54) is 19.1 Å². The van der Waals surface area contributed by atoms with E-state index >= 15 is 0 Å². The van der Waals surface area contributed by atoms with Gasteiger partial charge in [0.15, 0.2) is 0 Å².